The van der Waals surface area contributed by atoms with E-state index in [0.717, 1.165) is 0 Å². The van der Waals surface area contributed by atoms with Crippen LogP contribution in [0.3, 0.4) is 0 Å². The van der Waals surface area contributed by atoms with Crippen molar-refractivity contribution in [3.8, 4) is 11.8 Å². The lowest BCUT2D eigenvalue weighted by Crippen LogP contribution is -1.94. The summed E-state index contributed by atoms with van der Waals surface area (Å²) in [6.45, 7) is 0. The molecule has 1 aromatic rings. The van der Waals surface area contributed by atoms with Gasteiger partial charge in [0.2, 0.25) is 0 Å². The van der Waals surface area contributed by atoms with Gasteiger partial charge >= 0.3 is 6.01 Å². The zero-order valence-electron chi connectivity index (χ0n) is 6.17. The summed E-state index contributed by atoms with van der Waals surface area (Å²) in [5, 5.41) is 0.249. The zero-order valence-corrected chi connectivity index (χ0v) is 6.92. The van der Waals surface area contributed by atoms with Gasteiger partial charge in [-0.25, -0.2) is 0 Å². The van der Waals surface area contributed by atoms with Gasteiger partial charge in [-0.15, -0.1) is 0 Å². The number of rotatable bonds is 2. The Labute approximate surface area is 69.1 Å². The third-order valence-corrected chi connectivity index (χ3v) is 1.36. The number of hydrogen-bond acceptors (Lipinski definition) is 4. The smallest absolute Gasteiger partial charge is 0.317 e. The van der Waals surface area contributed by atoms with Crippen molar-refractivity contribution < 1.29 is 9.47 Å². The van der Waals surface area contributed by atoms with E-state index in [4.69, 9.17) is 21.1 Å². The standard InChI is InChI=1S/C6H7ClN2O2/c1-10-4-3-8-6(11-2)9-5(4)7/h3H,1-2H3. The Morgan fingerprint density at radius 2 is 2.09 bits per heavy atom. The SMILES string of the molecule is COc1ncc(OC)c(Cl)n1. The molecule has 0 saturated carbocycles. The Bertz CT molecular complexity index is 254. The normalized spacial score (nSPS) is 9.36. The minimum atomic E-state index is 0.232. The molecule has 0 amide bonds. The molecule has 1 heterocycles. The van der Waals surface area contributed by atoms with E-state index < -0.39 is 0 Å². The van der Waals surface area contributed by atoms with E-state index in [0.29, 0.717) is 5.75 Å². The first kappa shape index (κ1) is 8.07. The average molecular weight is 175 g/mol. The van der Waals surface area contributed by atoms with E-state index >= 15 is 0 Å². The third-order valence-electron chi connectivity index (χ3n) is 1.09. The lowest BCUT2D eigenvalue weighted by atomic mass is 10.6. The van der Waals surface area contributed by atoms with Gasteiger partial charge in [-0.3, -0.25) is 0 Å². The second kappa shape index (κ2) is 3.39. The highest BCUT2D eigenvalue weighted by Crippen LogP contribution is 2.21. The molecule has 5 heteroatoms. The van der Waals surface area contributed by atoms with Crippen LogP contribution in [-0.4, -0.2) is 24.2 Å². The van der Waals surface area contributed by atoms with E-state index in [1.807, 2.05) is 0 Å². The maximum Gasteiger partial charge on any atom is 0.317 e. The van der Waals surface area contributed by atoms with Crippen LogP contribution in [0.4, 0.5) is 0 Å². The lowest BCUT2D eigenvalue weighted by molar-refractivity contribution is 0.369. The summed E-state index contributed by atoms with van der Waals surface area (Å²) in [5.74, 6) is 0.437. The van der Waals surface area contributed by atoms with Crippen LogP contribution in [0.15, 0.2) is 6.20 Å². The summed E-state index contributed by atoms with van der Waals surface area (Å²) in [5.41, 5.74) is 0. The summed E-state index contributed by atoms with van der Waals surface area (Å²) < 4.78 is 9.56. The van der Waals surface area contributed by atoms with Gasteiger partial charge in [0, 0.05) is 0 Å². The minimum absolute atomic E-state index is 0.232. The molecule has 0 aliphatic heterocycles. The quantitative estimate of drug-likeness (QED) is 0.631. The molecule has 0 aliphatic carbocycles. The van der Waals surface area contributed by atoms with Crippen LogP contribution in [0.25, 0.3) is 0 Å². The topological polar surface area (TPSA) is 44.2 Å². The van der Waals surface area contributed by atoms with Gasteiger partial charge in [0.1, 0.15) is 0 Å². The first-order valence-corrected chi connectivity index (χ1v) is 3.26. The van der Waals surface area contributed by atoms with Crippen LogP contribution in [0.1, 0.15) is 0 Å². The van der Waals surface area contributed by atoms with E-state index in [1.54, 1.807) is 0 Å². The molecule has 1 aromatic heterocycles. The van der Waals surface area contributed by atoms with Crippen molar-refractivity contribution in [2.45, 2.75) is 0 Å². The van der Waals surface area contributed by atoms with Crippen molar-refractivity contribution in [3.05, 3.63) is 11.3 Å². The molecule has 0 unspecified atom stereocenters. The van der Waals surface area contributed by atoms with Crippen LogP contribution in [-0.2, 0) is 0 Å². The first-order chi connectivity index (χ1) is 5.27. The van der Waals surface area contributed by atoms with Gasteiger partial charge in [-0.2, -0.15) is 9.97 Å². The van der Waals surface area contributed by atoms with Crippen molar-refractivity contribution in [2.75, 3.05) is 14.2 Å². The van der Waals surface area contributed by atoms with Gasteiger partial charge in [0.25, 0.3) is 0 Å². The number of nitrogens with zero attached hydrogens (tertiary/aromatic N) is 2. The molecule has 0 aliphatic rings. The molecule has 0 fully saturated rings. The fourth-order valence-electron chi connectivity index (χ4n) is 0.570. The highest BCUT2D eigenvalue weighted by Gasteiger charge is 2.03. The first-order valence-electron chi connectivity index (χ1n) is 2.88. The molecule has 0 N–H and O–H groups in total. The van der Waals surface area contributed by atoms with Gasteiger partial charge in [0.05, 0.1) is 20.4 Å². The molecule has 0 atom stereocenters. The van der Waals surface area contributed by atoms with Gasteiger partial charge < -0.3 is 9.47 Å². The molecular formula is C6H7ClN2O2. The van der Waals surface area contributed by atoms with Crippen LogP contribution in [0, 0.1) is 0 Å². The third kappa shape index (κ3) is 1.71. The van der Waals surface area contributed by atoms with Crippen molar-refractivity contribution in [1.29, 1.82) is 0 Å². The van der Waals surface area contributed by atoms with Gasteiger partial charge in [-0.1, -0.05) is 11.6 Å². The Hall–Kier alpha value is -1.03. The molecule has 1 rings (SSSR count). The second-order valence-electron chi connectivity index (χ2n) is 1.72. The van der Waals surface area contributed by atoms with Crippen molar-refractivity contribution in [1.82, 2.24) is 9.97 Å². The number of ether oxygens (including phenoxy) is 2. The van der Waals surface area contributed by atoms with E-state index in [2.05, 4.69) is 9.97 Å². The number of aromatic nitrogens is 2. The summed E-state index contributed by atoms with van der Waals surface area (Å²) in [6, 6.07) is 0.232. The van der Waals surface area contributed by atoms with Crippen molar-refractivity contribution in [3.63, 3.8) is 0 Å². The minimum Gasteiger partial charge on any atom is -0.492 e. The summed E-state index contributed by atoms with van der Waals surface area (Å²) in [7, 11) is 2.97. The molecule has 60 valence electrons. The van der Waals surface area contributed by atoms with E-state index in [-0.39, 0.29) is 11.2 Å². The van der Waals surface area contributed by atoms with Crippen molar-refractivity contribution >= 4 is 11.6 Å². The monoisotopic (exact) mass is 174 g/mol. The molecule has 4 nitrogen and oxygen atoms in total. The average Bonchev–Trinajstić information content (AvgIpc) is 2.04. The Kier molecular flexibility index (Phi) is 2.48. The predicted octanol–water partition coefficient (Wildman–Crippen LogP) is 1.15. The molecule has 0 spiro atoms. The largest absolute Gasteiger partial charge is 0.492 e. The number of hydrogen-bond donors (Lipinski definition) is 0. The summed E-state index contributed by atoms with van der Waals surface area (Å²) in [6.07, 6.45) is 1.45. The van der Waals surface area contributed by atoms with E-state index in [1.165, 1.54) is 20.4 Å². The molecule has 0 bridgehead atoms. The second-order valence-corrected chi connectivity index (χ2v) is 2.07. The molecular weight excluding hydrogens is 168 g/mol. The maximum absolute atomic E-state index is 5.65. The van der Waals surface area contributed by atoms with Crippen LogP contribution in [0.5, 0.6) is 11.8 Å². The van der Waals surface area contributed by atoms with E-state index in [9.17, 15) is 0 Å². The Morgan fingerprint density at radius 3 is 2.55 bits per heavy atom. The molecule has 0 radical (unpaired) electrons. The molecule has 11 heavy (non-hydrogen) atoms. The highest BCUT2D eigenvalue weighted by molar-refractivity contribution is 6.30. The highest BCUT2D eigenvalue weighted by atomic mass is 35.5. The van der Waals surface area contributed by atoms with Gasteiger partial charge in [0.15, 0.2) is 10.9 Å². The maximum atomic E-state index is 5.65. The summed E-state index contributed by atoms with van der Waals surface area (Å²) in [4.78, 5) is 7.56. The predicted molar refractivity (Wildman–Crippen MR) is 40.1 cm³/mol. The molecule has 0 aromatic carbocycles. The number of halogens is 1. The van der Waals surface area contributed by atoms with Crippen molar-refractivity contribution in [2.24, 2.45) is 0 Å². The number of methoxy groups -OCH3 is 2. The zero-order chi connectivity index (χ0) is 8.27. The lowest BCUT2D eigenvalue weighted by Gasteiger charge is -2.01. The van der Waals surface area contributed by atoms with Crippen LogP contribution < -0.4 is 9.47 Å². The Morgan fingerprint density at radius 1 is 1.36 bits per heavy atom. The Balaban J connectivity index is 2.99. The molecule has 0 saturated heterocycles. The fraction of sp³-hybridized carbons (Fsp3) is 0.333. The summed E-state index contributed by atoms with van der Waals surface area (Å²) >= 11 is 5.65. The van der Waals surface area contributed by atoms with Crippen LogP contribution in [0.2, 0.25) is 5.15 Å². The van der Waals surface area contributed by atoms with Crippen LogP contribution >= 0.6 is 11.6 Å². The fourth-order valence-corrected chi connectivity index (χ4v) is 0.769. The van der Waals surface area contributed by atoms with Gasteiger partial charge in [-0.05, 0) is 0 Å².